The maximum absolute atomic E-state index is 12.9. The standard InChI is InChI=1S/C26H32N4OS/c1-19-12-14-23(17-20(19)2)30-24(15-13-22-10-5-4-6-11-22)27-28-26(30)32-18-25(31)29-16-8-7-9-21(29)3/h4-6,10-12,14,17,21H,7-9,13,15-16,18H2,1-3H3/t21-/m0/s1. The van der Waals surface area contributed by atoms with Crippen LogP contribution in [-0.2, 0) is 17.6 Å². The lowest BCUT2D eigenvalue weighted by Crippen LogP contribution is -2.42. The molecule has 0 unspecified atom stereocenters. The van der Waals surface area contributed by atoms with Crippen molar-refractivity contribution in [3.63, 3.8) is 0 Å². The molecule has 0 saturated carbocycles. The number of likely N-dealkylation sites (tertiary alicyclic amines) is 1. The Morgan fingerprint density at radius 2 is 1.84 bits per heavy atom. The van der Waals surface area contributed by atoms with E-state index in [-0.39, 0.29) is 5.91 Å². The number of aryl methyl sites for hydroxylation is 4. The monoisotopic (exact) mass is 448 g/mol. The lowest BCUT2D eigenvalue weighted by atomic mass is 10.0. The van der Waals surface area contributed by atoms with Crippen LogP contribution in [0.3, 0.4) is 0 Å². The van der Waals surface area contributed by atoms with Gasteiger partial charge in [0.25, 0.3) is 0 Å². The van der Waals surface area contributed by atoms with E-state index in [4.69, 9.17) is 0 Å². The molecule has 1 fully saturated rings. The molecule has 0 bridgehead atoms. The summed E-state index contributed by atoms with van der Waals surface area (Å²) < 4.78 is 2.13. The lowest BCUT2D eigenvalue weighted by molar-refractivity contribution is -0.131. The molecule has 0 N–H and O–H groups in total. The summed E-state index contributed by atoms with van der Waals surface area (Å²) in [6.45, 7) is 7.27. The molecule has 1 saturated heterocycles. The number of carbonyl (C=O) groups excluding carboxylic acids is 1. The van der Waals surface area contributed by atoms with Crippen LogP contribution in [0.4, 0.5) is 0 Å². The van der Waals surface area contributed by atoms with Crippen molar-refractivity contribution < 1.29 is 4.79 Å². The van der Waals surface area contributed by atoms with Gasteiger partial charge in [-0.05, 0) is 75.3 Å². The van der Waals surface area contributed by atoms with Crippen LogP contribution < -0.4 is 0 Å². The molecule has 0 radical (unpaired) electrons. The lowest BCUT2D eigenvalue weighted by Gasteiger charge is -2.33. The van der Waals surface area contributed by atoms with Crippen LogP contribution in [0.5, 0.6) is 0 Å². The number of rotatable bonds is 7. The fourth-order valence-corrected chi connectivity index (χ4v) is 5.12. The topological polar surface area (TPSA) is 51.0 Å². The number of piperidine rings is 1. The second kappa shape index (κ2) is 10.3. The molecular formula is C26H32N4OS. The summed E-state index contributed by atoms with van der Waals surface area (Å²) in [5, 5.41) is 9.82. The fourth-order valence-electron chi connectivity index (χ4n) is 4.26. The highest BCUT2D eigenvalue weighted by Gasteiger charge is 2.24. The van der Waals surface area contributed by atoms with Crippen molar-refractivity contribution in [3.8, 4) is 5.69 Å². The van der Waals surface area contributed by atoms with Gasteiger partial charge in [-0.2, -0.15) is 0 Å². The summed E-state index contributed by atoms with van der Waals surface area (Å²) in [6, 6.07) is 17.2. The zero-order valence-corrected chi connectivity index (χ0v) is 20.1. The Morgan fingerprint density at radius 3 is 2.59 bits per heavy atom. The zero-order chi connectivity index (χ0) is 22.5. The van der Waals surface area contributed by atoms with E-state index >= 15 is 0 Å². The van der Waals surface area contributed by atoms with E-state index in [1.807, 2.05) is 11.0 Å². The number of amides is 1. The Morgan fingerprint density at radius 1 is 1.03 bits per heavy atom. The first-order chi connectivity index (χ1) is 15.5. The van der Waals surface area contributed by atoms with Crippen molar-refractivity contribution in [1.82, 2.24) is 19.7 Å². The molecule has 1 aromatic heterocycles. The number of aromatic nitrogens is 3. The third kappa shape index (κ3) is 5.23. The summed E-state index contributed by atoms with van der Waals surface area (Å²) in [5.41, 5.74) is 4.84. The predicted molar refractivity (Wildman–Crippen MR) is 130 cm³/mol. The first-order valence-corrected chi connectivity index (χ1v) is 12.5. The molecule has 32 heavy (non-hydrogen) atoms. The van der Waals surface area contributed by atoms with Crippen molar-refractivity contribution in [3.05, 3.63) is 71.0 Å². The molecule has 5 nitrogen and oxygen atoms in total. The fraction of sp³-hybridized carbons (Fsp3) is 0.423. The number of hydrogen-bond acceptors (Lipinski definition) is 4. The highest BCUT2D eigenvalue weighted by molar-refractivity contribution is 7.99. The number of benzene rings is 2. The van der Waals surface area contributed by atoms with Gasteiger partial charge in [-0.3, -0.25) is 9.36 Å². The van der Waals surface area contributed by atoms with Gasteiger partial charge in [0.2, 0.25) is 5.91 Å². The van der Waals surface area contributed by atoms with Crippen LogP contribution in [0.1, 0.15) is 48.7 Å². The molecule has 4 rings (SSSR count). The average molecular weight is 449 g/mol. The molecule has 168 valence electrons. The highest BCUT2D eigenvalue weighted by Crippen LogP contribution is 2.26. The first-order valence-electron chi connectivity index (χ1n) is 11.5. The summed E-state index contributed by atoms with van der Waals surface area (Å²) in [5.74, 6) is 1.52. The highest BCUT2D eigenvalue weighted by atomic mass is 32.2. The maximum Gasteiger partial charge on any atom is 0.233 e. The summed E-state index contributed by atoms with van der Waals surface area (Å²) in [4.78, 5) is 14.9. The van der Waals surface area contributed by atoms with E-state index in [0.29, 0.717) is 11.8 Å². The number of carbonyl (C=O) groups is 1. The van der Waals surface area contributed by atoms with Crippen LogP contribution >= 0.6 is 11.8 Å². The molecule has 0 spiro atoms. The second-order valence-electron chi connectivity index (χ2n) is 8.71. The quantitative estimate of drug-likeness (QED) is 0.468. The van der Waals surface area contributed by atoms with Crippen LogP contribution in [-0.4, -0.2) is 43.9 Å². The van der Waals surface area contributed by atoms with E-state index in [1.54, 1.807) is 0 Å². The normalized spacial score (nSPS) is 16.3. The second-order valence-corrected chi connectivity index (χ2v) is 9.65. The number of thioether (sulfide) groups is 1. The van der Waals surface area contributed by atoms with Crippen LogP contribution in [0.15, 0.2) is 53.7 Å². The van der Waals surface area contributed by atoms with Crippen LogP contribution in [0, 0.1) is 13.8 Å². The van der Waals surface area contributed by atoms with Gasteiger partial charge >= 0.3 is 0 Å². The molecule has 0 aliphatic carbocycles. The summed E-state index contributed by atoms with van der Waals surface area (Å²) in [6.07, 6.45) is 5.10. The Labute approximate surface area is 195 Å². The van der Waals surface area contributed by atoms with E-state index in [9.17, 15) is 4.79 Å². The largest absolute Gasteiger partial charge is 0.339 e. The Hall–Kier alpha value is -2.60. The minimum absolute atomic E-state index is 0.197. The molecule has 1 amide bonds. The number of nitrogens with zero attached hydrogens (tertiary/aromatic N) is 4. The zero-order valence-electron chi connectivity index (χ0n) is 19.3. The minimum Gasteiger partial charge on any atom is -0.339 e. The van der Waals surface area contributed by atoms with E-state index in [1.165, 1.54) is 34.9 Å². The van der Waals surface area contributed by atoms with Gasteiger partial charge in [-0.25, -0.2) is 0 Å². The molecule has 3 aromatic rings. The van der Waals surface area contributed by atoms with Crippen molar-refractivity contribution in [2.75, 3.05) is 12.3 Å². The van der Waals surface area contributed by atoms with Gasteiger partial charge in [0.05, 0.1) is 5.75 Å². The third-order valence-corrected chi connectivity index (χ3v) is 7.29. The van der Waals surface area contributed by atoms with Crippen molar-refractivity contribution in [2.24, 2.45) is 0 Å². The molecule has 2 heterocycles. The Bertz CT molecular complexity index is 1060. The van der Waals surface area contributed by atoms with E-state index in [0.717, 1.165) is 48.9 Å². The Kier molecular flexibility index (Phi) is 7.30. The van der Waals surface area contributed by atoms with Crippen molar-refractivity contribution >= 4 is 17.7 Å². The molecule has 1 atom stereocenters. The van der Waals surface area contributed by atoms with Gasteiger partial charge in [-0.15, -0.1) is 10.2 Å². The van der Waals surface area contributed by atoms with Gasteiger partial charge in [0, 0.05) is 24.7 Å². The van der Waals surface area contributed by atoms with Crippen molar-refractivity contribution in [2.45, 2.75) is 64.1 Å². The smallest absolute Gasteiger partial charge is 0.233 e. The molecule has 2 aromatic carbocycles. The van der Waals surface area contributed by atoms with Gasteiger partial charge < -0.3 is 4.90 Å². The summed E-state index contributed by atoms with van der Waals surface area (Å²) in [7, 11) is 0. The van der Waals surface area contributed by atoms with Crippen LogP contribution in [0.25, 0.3) is 5.69 Å². The molecular weight excluding hydrogens is 416 g/mol. The Balaban J connectivity index is 1.56. The van der Waals surface area contributed by atoms with Gasteiger partial charge in [-0.1, -0.05) is 48.2 Å². The maximum atomic E-state index is 12.9. The van der Waals surface area contributed by atoms with Gasteiger partial charge in [0.1, 0.15) is 5.82 Å². The first kappa shape index (κ1) is 22.6. The molecule has 6 heteroatoms. The van der Waals surface area contributed by atoms with E-state index in [2.05, 4.69) is 78.0 Å². The predicted octanol–water partition coefficient (Wildman–Crippen LogP) is 5.16. The van der Waals surface area contributed by atoms with Gasteiger partial charge in [0.15, 0.2) is 5.16 Å². The average Bonchev–Trinajstić information content (AvgIpc) is 3.21. The number of hydrogen-bond donors (Lipinski definition) is 0. The van der Waals surface area contributed by atoms with E-state index < -0.39 is 0 Å². The molecule has 1 aliphatic heterocycles. The third-order valence-electron chi connectivity index (χ3n) is 6.38. The van der Waals surface area contributed by atoms with Crippen LogP contribution in [0.2, 0.25) is 0 Å². The van der Waals surface area contributed by atoms with Crippen molar-refractivity contribution in [1.29, 1.82) is 0 Å². The SMILES string of the molecule is Cc1ccc(-n2c(CCc3ccccc3)nnc2SCC(=O)N2CCCC[C@@H]2C)cc1C. The molecule has 1 aliphatic rings. The minimum atomic E-state index is 0.197. The summed E-state index contributed by atoms with van der Waals surface area (Å²) >= 11 is 1.50.